The maximum absolute atomic E-state index is 4.80. The Morgan fingerprint density at radius 3 is 2.43 bits per heavy atom. The van der Waals surface area contributed by atoms with Crippen LogP contribution in [0.5, 0.6) is 0 Å². The highest BCUT2D eigenvalue weighted by molar-refractivity contribution is 6.16. The Morgan fingerprint density at radius 1 is 0.622 bits per heavy atom. The summed E-state index contributed by atoms with van der Waals surface area (Å²) in [5, 5.41) is 4.97. The lowest BCUT2D eigenvalue weighted by Crippen LogP contribution is -1.93. The molecule has 0 saturated carbocycles. The van der Waals surface area contributed by atoms with Gasteiger partial charge in [-0.15, -0.1) is 0 Å². The average Bonchev–Trinajstić information content (AvgIpc) is 3.66. The predicted molar refractivity (Wildman–Crippen MR) is 151 cm³/mol. The monoisotopic (exact) mass is 472 g/mol. The SMILES string of the molecule is c1ccc(-n2c3ccccc3c3c4c(ccc32)-c2cc3c(cc2C4)c2nccn2c2cccnc32)cc1. The Kier molecular flexibility index (Phi) is 3.55. The van der Waals surface area contributed by atoms with Crippen LogP contribution in [0.2, 0.25) is 0 Å². The fourth-order valence-electron chi connectivity index (χ4n) is 6.53. The van der Waals surface area contributed by atoms with E-state index in [0.717, 1.165) is 33.9 Å². The van der Waals surface area contributed by atoms with E-state index in [1.54, 1.807) is 0 Å². The minimum Gasteiger partial charge on any atom is -0.309 e. The fourth-order valence-corrected chi connectivity index (χ4v) is 6.53. The number of benzene rings is 4. The lowest BCUT2D eigenvalue weighted by atomic mass is 9.99. The molecular formula is C33H20N4. The summed E-state index contributed by atoms with van der Waals surface area (Å²) < 4.78 is 4.56. The van der Waals surface area contributed by atoms with Crippen molar-refractivity contribution in [2.24, 2.45) is 0 Å². The van der Waals surface area contributed by atoms with Crippen molar-refractivity contribution in [3.8, 4) is 16.8 Å². The molecule has 0 radical (unpaired) electrons. The van der Waals surface area contributed by atoms with Gasteiger partial charge < -0.3 is 4.57 Å². The molecule has 1 aliphatic carbocycles. The number of pyridine rings is 2. The summed E-state index contributed by atoms with van der Waals surface area (Å²) in [6.07, 6.45) is 6.70. The predicted octanol–water partition coefficient (Wildman–Crippen LogP) is 7.70. The first kappa shape index (κ1) is 19.3. The second-order valence-electron chi connectivity index (χ2n) is 9.90. The molecule has 37 heavy (non-hydrogen) atoms. The highest BCUT2D eigenvalue weighted by Gasteiger charge is 2.26. The second kappa shape index (κ2) is 6.83. The van der Waals surface area contributed by atoms with Gasteiger partial charge in [-0.1, -0.05) is 42.5 Å². The molecule has 0 amide bonds. The summed E-state index contributed by atoms with van der Waals surface area (Å²) >= 11 is 0. The number of rotatable bonds is 1. The third-order valence-electron chi connectivity index (χ3n) is 8.04. The smallest absolute Gasteiger partial charge is 0.145 e. The van der Waals surface area contributed by atoms with E-state index in [4.69, 9.17) is 9.97 Å². The van der Waals surface area contributed by atoms with Gasteiger partial charge in [-0.2, -0.15) is 0 Å². The quantitative estimate of drug-likeness (QED) is 0.229. The first-order valence-corrected chi connectivity index (χ1v) is 12.6. The van der Waals surface area contributed by atoms with Gasteiger partial charge in [-0.3, -0.25) is 9.38 Å². The minimum atomic E-state index is 0.911. The van der Waals surface area contributed by atoms with Gasteiger partial charge in [0.1, 0.15) is 5.65 Å². The average molecular weight is 473 g/mol. The zero-order chi connectivity index (χ0) is 24.1. The van der Waals surface area contributed by atoms with Crippen LogP contribution in [-0.2, 0) is 6.42 Å². The van der Waals surface area contributed by atoms with E-state index in [9.17, 15) is 0 Å². The van der Waals surface area contributed by atoms with Crippen LogP contribution in [0.4, 0.5) is 0 Å². The van der Waals surface area contributed by atoms with E-state index in [1.165, 1.54) is 49.7 Å². The Hall–Kier alpha value is -4.96. The largest absolute Gasteiger partial charge is 0.309 e. The summed E-state index contributed by atoms with van der Waals surface area (Å²) in [4.78, 5) is 9.53. The van der Waals surface area contributed by atoms with Crippen LogP contribution < -0.4 is 0 Å². The summed E-state index contributed by atoms with van der Waals surface area (Å²) in [6.45, 7) is 0. The van der Waals surface area contributed by atoms with Gasteiger partial charge in [0.25, 0.3) is 0 Å². The van der Waals surface area contributed by atoms with Crippen molar-refractivity contribution in [3.05, 3.63) is 121 Å². The number of hydrogen-bond acceptors (Lipinski definition) is 2. The lowest BCUT2D eigenvalue weighted by molar-refractivity contribution is 1.18. The van der Waals surface area contributed by atoms with Crippen LogP contribution >= 0.6 is 0 Å². The molecule has 8 aromatic rings. The summed E-state index contributed by atoms with van der Waals surface area (Å²) in [5.74, 6) is 0. The van der Waals surface area contributed by atoms with E-state index in [0.29, 0.717) is 0 Å². The van der Waals surface area contributed by atoms with Gasteiger partial charge in [0.15, 0.2) is 0 Å². The molecule has 0 aliphatic heterocycles. The summed E-state index contributed by atoms with van der Waals surface area (Å²) in [5.41, 5.74) is 12.2. The fraction of sp³-hybridized carbons (Fsp3) is 0.0303. The molecule has 172 valence electrons. The Morgan fingerprint density at radius 2 is 1.49 bits per heavy atom. The molecular weight excluding hydrogens is 452 g/mol. The van der Waals surface area contributed by atoms with Gasteiger partial charge in [-0.05, 0) is 77.2 Å². The molecule has 0 bridgehead atoms. The molecule has 9 rings (SSSR count). The zero-order valence-electron chi connectivity index (χ0n) is 19.9. The van der Waals surface area contributed by atoms with Crippen molar-refractivity contribution in [2.45, 2.75) is 6.42 Å². The van der Waals surface area contributed by atoms with Crippen LogP contribution in [0.15, 0.2) is 110 Å². The van der Waals surface area contributed by atoms with Crippen LogP contribution in [0.25, 0.3) is 66.1 Å². The topological polar surface area (TPSA) is 35.1 Å². The maximum atomic E-state index is 4.80. The molecule has 4 heteroatoms. The third kappa shape index (κ3) is 2.42. The Labute approximate surface area is 212 Å². The highest BCUT2D eigenvalue weighted by Crippen LogP contribution is 2.46. The molecule has 4 nitrogen and oxygen atoms in total. The van der Waals surface area contributed by atoms with Crippen molar-refractivity contribution in [1.82, 2.24) is 18.9 Å². The van der Waals surface area contributed by atoms with Crippen molar-refractivity contribution < 1.29 is 0 Å². The number of hydrogen-bond donors (Lipinski definition) is 0. The van der Waals surface area contributed by atoms with Crippen LogP contribution in [-0.4, -0.2) is 18.9 Å². The first-order valence-electron chi connectivity index (χ1n) is 12.6. The Bertz CT molecular complexity index is 2220. The van der Waals surface area contributed by atoms with E-state index >= 15 is 0 Å². The summed E-state index contributed by atoms with van der Waals surface area (Å²) in [6, 6.07) is 32.9. The van der Waals surface area contributed by atoms with E-state index in [1.807, 2.05) is 24.7 Å². The standard InChI is InChI=1S/C33H20N4/c1-2-7-21(8-3-1)37-28-10-5-4-9-23(28)31-25-17-20-18-27-26(19-24(20)22(25)12-13-29(31)37)32-30(11-6-14-34-32)36-16-15-35-33(27)36/h1-16,18-19H,17H2. The van der Waals surface area contributed by atoms with Gasteiger partial charge in [0.05, 0.1) is 22.1 Å². The molecule has 1 aliphatic rings. The molecule has 0 unspecified atom stereocenters. The molecule has 0 spiro atoms. The number of fused-ring (bicyclic) bond motifs is 13. The highest BCUT2D eigenvalue weighted by atomic mass is 15.0. The lowest BCUT2D eigenvalue weighted by Gasteiger charge is -2.10. The minimum absolute atomic E-state index is 0.911. The number of nitrogens with zero attached hydrogens (tertiary/aromatic N) is 4. The van der Waals surface area contributed by atoms with E-state index in [-0.39, 0.29) is 0 Å². The third-order valence-corrected chi connectivity index (χ3v) is 8.04. The van der Waals surface area contributed by atoms with Crippen molar-refractivity contribution >= 4 is 49.3 Å². The normalized spacial score (nSPS) is 12.8. The maximum Gasteiger partial charge on any atom is 0.145 e. The molecule has 0 atom stereocenters. The van der Waals surface area contributed by atoms with Crippen molar-refractivity contribution in [2.75, 3.05) is 0 Å². The Balaban J connectivity index is 1.39. The van der Waals surface area contributed by atoms with E-state index < -0.39 is 0 Å². The number of aromatic nitrogens is 4. The zero-order valence-corrected chi connectivity index (χ0v) is 19.9. The van der Waals surface area contributed by atoms with Crippen LogP contribution in [0.3, 0.4) is 0 Å². The van der Waals surface area contributed by atoms with Crippen LogP contribution in [0.1, 0.15) is 11.1 Å². The molecule has 0 fully saturated rings. The van der Waals surface area contributed by atoms with Gasteiger partial charge >= 0.3 is 0 Å². The van der Waals surface area contributed by atoms with Crippen molar-refractivity contribution in [1.29, 1.82) is 0 Å². The molecule has 0 N–H and O–H groups in total. The first-order chi connectivity index (χ1) is 18.4. The number of imidazole rings is 1. The molecule has 4 aromatic heterocycles. The molecule has 0 saturated heterocycles. The van der Waals surface area contributed by atoms with Crippen LogP contribution in [0, 0.1) is 0 Å². The summed E-state index contributed by atoms with van der Waals surface area (Å²) in [7, 11) is 0. The molecule has 4 aromatic carbocycles. The van der Waals surface area contributed by atoms with Gasteiger partial charge in [0.2, 0.25) is 0 Å². The van der Waals surface area contributed by atoms with Gasteiger partial charge in [0, 0.05) is 45.8 Å². The van der Waals surface area contributed by atoms with E-state index in [2.05, 4.69) is 93.9 Å². The van der Waals surface area contributed by atoms with Gasteiger partial charge in [-0.25, -0.2) is 4.98 Å². The number of para-hydroxylation sites is 2. The second-order valence-corrected chi connectivity index (χ2v) is 9.90. The van der Waals surface area contributed by atoms with Crippen molar-refractivity contribution in [3.63, 3.8) is 0 Å². The molecule has 4 heterocycles.